The molecule has 9 heavy (non-hydrogen) atoms. The second kappa shape index (κ2) is 3.85. The van der Waals surface area contributed by atoms with Crippen molar-refractivity contribution in [2.75, 3.05) is 0 Å². The van der Waals surface area contributed by atoms with E-state index in [0.717, 1.165) is 6.92 Å². The molecule has 0 saturated heterocycles. The van der Waals surface area contributed by atoms with Gasteiger partial charge in [0.1, 0.15) is 0 Å². The Morgan fingerprint density at radius 3 is 2.56 bits per heavy atom. The molecule has 50 valence electrons. The van der Waals surface area contributed by atoms with E-state index in [0.29, 0.717) is 6.61 Å². The van der Waals surface area contributed by atoms with Gasteiger partial charge in [-0.25, -0.2) is 9.63 Å². The number of carbonyl (C=O) groups excluding carboxylic acids is 1. The molecule has 0 aliphatic heterocycles. The molecule has 0 rings (SSSR count). The third kappa shape index (κ3) is 6.90. The van der Waals surface area contributed by atoms with Gasteiger partial charge in [-0.05, 0) is 0 Å². The molecule has 0 spiro atoms. The fraction of sp³-hybridized carbons (Fsp3) is 0.250. The van der Waals surface area contributed by atoms with Crippen LogP contribution in [0.25, 0.3) is 0 Å². The number of carbonyl (C=O) groups is 2. The summed E-state index contributed by atoms with van der Waals surface area (Å²) in [6.45, 7) is 1.57. The molecule has 2 radical (unpaired) electrons. The lowest BCUT2D eigenvalue weighted by Gasteiger charge is -1.91. The number of carboxylic acids is 1. The van der Waals surface area contributed by atoms with Crippen LogP contribution in [0, 0.1) is 6.61 Å². The third-order valence-electron chi connectivity index (χ3n) is 0.335. The van der Waals surface area contributed by atoms with Gasteiger partial charge in [0.15, 0.2) is 0 Å². The first-order chi connectivity index (χ1) is 4.13. The van der Waals surface area contributed by atoms with Gasteiger partial charge < -0.3 is 5.11 Å². The maximum absolute atomic E-state index is 9.92. The van der Waals surface area contributed by atoms with Crippen LogP contribution < -0.4 is 5.48 Å². The molecule has 1 N–H and O–H groups in total. The smallest absolute Gasteiger partial charge is 0.339 e. The van der Waals surface area contributed by atoms with E-state index in [2.05, 4.69) is 10.3 Å². The number of hydrogen-bond donors (Lipinski definition) is 1. The normalized spacial score (nSPS) is 8.56. The maximum atomic E-state index is 9.92. The summed E-state index contributed by atoms with van der Waals surface area (Å²) < 4.78 is 0. The second-order valence-electron chi connectivity index (χ2n) is 1.17. The van der Waals surface area contributed by atoms with Crippen molar-refractivity contribution < 1.29 is 19.5 Å². The first-order valence-electron chi connectivity index (χ1n) is 2.06. The summed E-state index contributed by atoms with van der Waals surface area (Å²) in [5, 5.41) is 7.87. The largest absolute Gasteiger partial charge is 0.479 e. The van der Waals surface area contributed by atoms with Gasteiger partial charge in [-0.2, -0.15) is 0 Å². The molecule has 0 heterocycles. The minimum absolute atomic E-state index is 0.418. The number of carboxylic acid groups (broad SMARTS) is 1. The van der Waals surface area contributed by atoms with Crippen molar-refractivity contribution in [2.45, 2.75) is 6.92 Å². The van der Waals surface area contributed by atoms with E-state index in [1.54, 1.807) is 0 Å². The van der Waals surface area contributed by atoms with Gasteiger partial charge in [-0.1, -0.05) is 5.48 Å². The van der Waals surface area contributed by atoms with Gasteiger partial charge in [0.05, 0.1) is 0 Å². The Bertz CT molecular complexity index is 108. The molecular formula is C4H5NO4. The SMILES string of the molecule is CC(=O)[N]O[CH]C(=O)O. The van der Waals surface area contributed by atoms with Gasteiger partial charge in [0, 0.05) is 6.92 Å². The Kier molecular flexibility index (Phi) is 3.38. The molecule has 0 unspecified atom stereocenters. The number of hydrogen-bond acceptors (Lipinski definition) is 3. The van der Waals surface area contributed by atoms with Gasteiger partial charge in [-0.15, -0.1) is 0 Å². The summed E-state index contributed by atoms with van der Waals surface area (Å²) in [6.07, 6.45) is 0. The summed E-state index contributed by atoms with van der Waals surface area (Å²) in [5.41, 5.74) is 2.79. The first kappa shape index (κ1) is 7.90. The molecule has 1 amide bonds. The summed E-state index contributed by atoms with van der Waals surface area (Å²) in [4.78, 5) is 23.5. The van der Waals surface area contributed by atoms with Crippen LogP contribution in [-0.4, -0.2) is 17.0 Å². The molecule has 0 aliphatic rings. The van der Waals surface area contributed by atoms with Crippen molar-refractivity contribution in [3.8, 4) is 0 Å². The zero-order valence-electron chi connectivity index (χ0n) is 4.70. The van der Waals surface area contributed by atoms with Crippen LogP contribution in [0.5, 0.6) is 0 Å². The van der Waals surface area contributed by atoms with Gasteiger partial charge >= 0.3 is 5.97 Å². The predicted molar refractivity (Wildman–Crippen MR) is 25.8 cm³/mol. The zero-order chi connectivity index (χ0) is 7.28. The van der Waals surface area contributed by atoms with Crippen LogP contribution in [0.1, 0.15) is 6.92 Å². The van der Waals surface area contributed by atoms with Crippen LogP contribution in [0.4, 0.5) is 0 Å². The van der Waals surface area contributed by atoms with Crippen LogP contribution in [0.3, 0.4) is 0 Å². The standard InChI is InChI=1S/C4H5NO4/c1-3(6)5-9-2-4(7)8/h2H,1H3,(H,7,8). The van der Waals surface area contributed by atoms with E-state index >= 15 is 0 Å². The Morgan fingerprint density at radius 2 is 2.22 bits per heavy atom. The molecule has 5 heteroatoms. The highest BCUT2D eigenvalue weighted by Gasteiger charge is 1.99. The first-order valence-corrected chi connectivity index (χ1v) is 2.06. The number of amides is 1. The van der Waals surface area contributed by atoms with Crippen LogP contribution in [0.2, 0.25) is 0 Å². The molecule has 0 saturated carbocycles. The van der Waals surface area contributed by atoms with Crippen molar-refractivity contribution in [2.24, 2.45) is 0 Å². The van der Waals surface area contributed by atoms with Crippen molar-refractivity contribution in [3.63, 3.8) is 0 Å². The van der Waals surface area contributed by atoms with Crippen molar-refractivity contribution in [3.05, 3.63) is 6.61 Å². The lowest BCUT2D eigenvalue weighted by molar-refractivity contribution is -0.142. The Hall–Kier alpha value is -1.10. The number of rotatable bonds is 3. The van der Waals surface area contributed by atoms with Crippen molar-refractivity contribution >= 4 is 11.9 Å². The second-order valence-corrected chi connectivity index (χ2v) is 1.17. The fourth-order valence-corrected chi connectivity index (χ4v) is 0.146. The van der Waals surface area contributed by atoms with Crippen LogP contribution >= 0.6 is 0 Å². The van der Waals surface area contributed by atoms with E-state index < -0.39 is 11.9 Å². The van der Waals surface area contributed by atoms with E-state index in [9.17, 15) is 9.59 Å². The van der Waals surface area contributed by atoms with Crippen molar-refractivity contribution in [1.82, 2.24) is 5.48 Å². The molecular weight excluding hydrogens is 126 g/mol. The highest BCUT2D eigenvalue weighted by Crippen LogP contribution is 1.77. The zero-order valence-corrected chi connectivity index (χ0v) is 4.70. The number of nitrogens with zero attached hydrogens (tertiary/aromatic N) is 1. The van der Waals surface area contributed by atoms with Gasteiger partial charge in [-0.3, -0.25) is 4.79 Å². The summed E-state index contributed by atoms with van der Waals surface area (Å²) in [5.74, 6) is -1.85. The van der Waals surface area contributed by atoms with E-state index in [1.165, 1.54) is 0 Å². The monoisotopic (exact) mass is 131 g/mol. The minimum atomic E-state index is -1.28. The van der Waals surface area contributed by atoms with Crippen LogP contribution in [0.15, 0.2) is 0 Å². The Morgan fingerprint density at radius 1 is 1.67 bits per heavy atom. The number of hydroxylamine groups is 1. The fourth-order valence-electron chi connectivity index (χ4n) is 0.146. The third-order valence-corrected chi connectivity index (χ3v) is 0.335. The number of aliphatic carboxylic acids is 1. The topological polar surface area (TPSA) is 77.7 Å². The van der Waals surface area contributed by atoms with E-state index in [1.807, 2.05) is 0 Å². The summed E-state index contributed by atoms with van der Waals surface area (Å²) in [7, 11) is 0. The Balaban J connectivity index is 3.10. The predicted octanol–water partition coefficient (Wildman–Crippen LogP) is -0.685. The molecule has 0 aromatic carbocycles. The highest BCUT2D eigenvalue weighted by molar-refractivity contribution is 5.75. The minimum Gasteiger partial charge on any atom is -0.479 e. The molecule has 0 atom stereocenters. The molecule has 0 aromatic heterocycles. The van der Waals surface area contributed by atoms with Gasteiger partial charge in [0.2, 0.25) is 6.61 Å². The molecule has 0 aliphatic carbocycles. The van der Waals surface area contributed by atoms with E-state index in [-0.39, 0.29) is 0 Å². The highest BCUT2D eigenvalue weighted by atomic mass is 16.7. The molecule has 0 bridgehead atoms. The average molecular weight is 131 g/mol. The molecule has 5 nitrogen and oxygen atoms in total. The van der Waals surface area contributed by atoms with Crippen LogP contribution in [-0.2, 0) is 14.4 Å². The van der Waals surface area contributed by atoms with E-state index in [4.69, 9.17) is 5.11 Å². The van der Waals surface area contributed by atoms with Crippen molar-refractivity contribution in [1.29, 1.82) is 0 Å². The quantitative estimate of drug-likeness (QED) is 0.514. The van der Waals surface area contributed by atoms with Gasteiger partial charge in [0.25, 0.3) is 5.91 Å². The molecule has 0 fully saturated rings. The maximum Gasteiger partial charge on any atom is 0.339 e. The summed E-state index contributed by atoms with van der Waals surface area (Å²) in [6, 6.07) is 0. The lowest BCUT2D eigenvalue weighted by Crippen LogP contribution is -2.13. The summed E-state index contributed by atoms with van der Waals surface area (Å²) >= 11 is 0. The Labute approximate surface area is 51.6 Å². The lowest BCUT2D eigenvalue weighted by atomic mass is 10.7. The average Bonchev–Trinajstić information content (AvgIpc) is 1.63. The molecule has 0 aromatic rings.